The molecule has 18 heavy (non-hydrogen) atoms. The number of hydrogen-bond donors (Lipinski definition) is 1. The average Bonchev–Trinajstić information content (AvgIpc) is 2.91. The number of benzene rings is 1. The van der Waals surface area contributed by atoms with Gasteiger partial charge >= 0.3 is 0 Å². The van der Waals surface area contributed by atoms with E-state index in [2.05, 4.69) is 29.2 Å². The van der Waals surface area contributed by atoms with E-state index in [4.69, 9.17) is 5.73 Å². The molecule has 1 fully saturated rings. The first-order valence-corrected chi connectivity index (χ1v) is 6.45. The topological polar surface area (TPSA) is 38.9 Å². The third-order valence-electron chi connectivity index (χ3n) is 3.95. The fourth-order valence-corrected chi connectivity index (χ4v) is 2.98. The molecule has 1 heterocycles. The summed E-state index contributed by atoms with van der Waals surface area (Å²) < 4.78 is 0. The number of nitrogens with two attached hydrogens (primary N) is 1. The van der Waals surface area contributed by atoms with Crippen molar-refractivity contribution >= 4 is 23.3 Å². The molecule has 0 unspecified atom stereocenters. The molecule has 2 N–H and O–H groups in total. The van der Waals surface area contributed by atoms with Gasteiger partial charge < -0.3 is 5.73 Å². The molecule has 1 aliphatic rings. The number of pyridine rings is 1. The van der Waals surface area contributed by atoms with Gasteiger partial charge in [0.05, 0.1) is 5.52 Å². The minimum Gasteiger partial charge on any atom is -0.324 e. The summed E-state index contributed by atoms with van der Waals surface area (Å²) in [6.45, 7) is 0. The predicted octanol–water partition coefficient (Wildman–Crippen LogP) is 3.85. The van der Waals surface area contributed by atoms with Gasteiger partial charge in [-0.3, -0.25) is 4.98 Å². The Morgan fingerprint density at radius 2 is 1.83 bits per heavy atom. The molecule has 96 valence electrons. The Bertz CT molecular complexity index is 515. The summed E-state index contributed by atoms with van der Waals surface area (Å²) in [7, 11) is 0. The van der Waals surface area contributed by atoms with Gasteiger partial charge in [0.1, 0.15) is 0 Å². The molecule has 0 spiro atoms. The number of halogens is 1. The van der Waals surface area contributed by atoms with Crippen LogP contribution in [0.15, 0.2) is 36.5 Å². The van der Waals surface area contributed by atoms with Crippen LogP contribution in [0.5, 0.6) is 0 Å². The molecule has 1 aromatic heterocycles. The van der Waals surface area contributed by atoms with Crippen LogP contribution in [0.4, 0.5) is 0 Å². The van der Waals surface area contributed by atoms with E-state index in [0.29, 0.717) is 5.92 Å². The first-order chi connectivity index (χ1) is 8.36. The maximum absolute atomic E-state index is 6.44. The average molecular weight is 263 g/mol. The van der Waals surface area contributed by atoms with E-state index >= 15 is 0 Å². The Labute approximate surface area is 114 Å². The Balaban J connectivity index is 0.00000120. The number of para-hydroxylation sites is 1. The first-order valence-electron chi connectivity index (χ1n) is 6.45. The molecule has 1 aliphatic carbocycles. The quantitative estimate of drug-likeness (QED) is 0.893. The van der Waals surface area contributed by atoms with Gasteiger partial charge in [-0.2, -0.15) is 0 Å². The fourth-order valence-electron chi connectivity index (χ4n) is 2.98. The van der Waals surface area contributed by atoms with Crippen LogP contribution >= 0.6 is 12.4 Å². The normalized spacial score (nSPS) is 17.6. The number of nitrogens with zero attached hydrogens (tertiary/aromatic N) is 1. The third-order valence-corrected chi connectivity index (χ3v) is 3.95. The molecular weight excluding hydrogens is 244 g/mol. The fraction of sp³-hybridized carbons (Fsp3) is 0.400. The van der Waals surface area contributed by atoms with Crippen LogP contribution in [-0.2, 0) is 0 Å². The van der Waals surface area contributed by atoms with Gasteiger partial charge in [-0.15, -0.1) is 12.4 Å². The maximum atomic E-state index is 6.44. The van der Waals surface area contributed by atoms with Crippen LogP contribution < -0.4 is 5.73 Å². The van der Waals surface area contributed by atoms with Gasteiger partial charge in [0.2, 0.25) is 0 Å². The summed E-state index contributed by atoms with van der Waals surface area (Å²) in [5.41, 5.74) is 8.76. The standard InChI is InChI=1S/C15H18N2.ClH/c16-15(11-5-1-2-6-11)13-9-10-17-14-8-4-3-7-12(13)14;/h3-4,7-11,15H,1-2,5-6,16H2;1H/t15-;/m1./s1. The van der Waals surface area contributed by atoms with E-state index in [1.807, 2.05) is 12.3 Å². The second-order valence-corrected chi connectivity index (χ2v) is 4.99. The van der Waals surface area contributed by atoms with Crippen molar-refractivity contribution in [2.45, 2.75) is 31.7 Å². The number of fused-ring (bicyclic) bond motifs is 1. The van der Waals surface area contributed by atoms with Crippen molar-refractivity contribution in [1.82, 2.24) is 4.98 Å². The lowest BCUT2D eigenvalue weighted by Crippen LogP contribution is -2.19. The molecule has 0 bridgehead atoms. The molecule has 0 aliphatic heterocycles. The molecule has 1 saturated carbocycles. The highest BCUT2D eigenvalue weighted by atomic mass is 35.5. The summed E-state index contributed by atoms with van der Waals surface area (Å²) in [6.07, 6.45) is 7.10. The van der Waals surface area contributed by atoms with Crippen molar-refractivity contribution in [2.24, 2.45) is 11.7 Å². The van der Waals surface area contributed by atoms with Gasteiger partial charge in [0.25, 0.3) is 0 Å². The number of aromatic nitrogens is 1. The van der Waals surface area contributed by atoms with Gasteiger partial charge in [-0.1, -0.05) is 31.0 Å². The van der Waals surface area contributed by atoms with Crippen molar-refractivity contribution in [2.75, 3.05) is 0 Å². The van der Waals surface area contributed by atoms with E-state index in [1.165, 1.54) is 36.6 Å². The Hall–Kier alpha value is -1.12. The highest BCUT2D eigenvalue weighted by molar-refractivity contribution is 5.85. The SMILES string of the molecule is Cl.N[C@@H](c1ccnc2ccccc12)C1CCCC1. The number of rotatable bonds is 2. The predicted molar refractivity (Wildman–Crippen MR) is 77.9 cm³/mol. The lowest BCUT2D eigenvalue weighted by atomic mass is 9.90. The molecule has 3 rings (SSSR count). The highest BCUT2D eigenvalue weighted by Crippen LogP contribution is 2.36. The third kappa shape index (κ3) is 2.36. The second kappa shape index (κ2) is 5.68. The van der Waals surface area contributed by atoms with E-state index in [1.54, 1.807) is 0 Å². The van der Waals surface area contributed by atoms with Gasteiger partial charge in [0.15, 0.2) is 0 Å². The zero-order valence-electron chi connectivity index (χ0n) is 10.4. The maximum Gasteiger partial charge on any atom is 0.0705 e. The lowest BCUT2D eigenvalue weighted by Gasteiger charge is -2.20. The van der Waals surface area contributed by atoms with Gasteiger partial charge in [-0.05, 0) is 36.5 Å². The molecule has 3 heteroatoms. The molecule has 0 radical (unpaired) electrons. The summed E-state index contributed by atoms with van der Waals surface area (Å²) in [5.74, 6) is 0.654. The Morgan fingerprint density at radius 3 is 2.61 bits per heavy atom. The van der Waals surface area contributed by atoms with Crippen molar-refractivity contribution < 1.29 is 0 Å². The van der Waals surface area contributed by atoms with Gasteiger partial charge in [0, 0.05) is 17.6 Å². The first kappa shape index (κ1) is 13.3. The molecule has 1 atom stereocenters. The van der Waals surface area contributed by atoms with E-state index in [-0.39, 0.29) is 18.4 Å². The van der Waals surface area contributed by atoms with Crippen molar-refractivity contribution in [3.8, 4) is 0 Å². The van der Waals surface area contributed by atoms with Gasteiger partial charge in [-0.25, -0.2) is 0 Å². The van der Waals surface area contributed by atoms with E-state index < -0.39 is 0 Å². The van der Waals surface area contributed by atoms with Crippen molar-refractivity contribution in [3.63, 3.8) is 0 Å². The van der Waals surface area contributed by atoms with Crippen LogP contribution in [0.1, 0.15) is 37.3 Å². The zero-order valence-corrected chi connectivity index (χ0v) is 11.2. The lowest BCUT2D eigenvalue weighted by molar-refractivity contribution is 0.447. The van der Waals surface area contributed by atoms with Crippen molar-refractivity contribution in [3.05, 3.63) is 42.1 Å². The summed E-state index contributed by atoms with van der Waals surface area (Å²) >= 11 is 0. The second-order valence-electron chi connectivity index (χ2n) is 4.99. The Morgan fingerprint density at radius 1 is 1.11 bits per heavy atom. The molecule has 0 amide bonds. The molecular formula is C15H19ClN2. The molecule has 0 saturated heterocycles. The van der Waals surface area contributed by atoms with Crippen LogP contribution in [0.2, 0.25) is 0 Å². The van der Waals surface area contributed by atoms with Crippen LogP contribution in [-0.4, -0.2) is 4.98 Å². The molecule has 1 aromatic carbocycles. The minimum absolute atomic E-state index is 0. The number of hydrogen-bond acceptors (Lipinski definition) is 2. The van der Waals surface area contributed by atoms with E-state index in [9.17, 15) is 0 Å². The summed E-state index contributed by atoms with van der Waals surface area (Å²) in [5, 5.41) is 1.22. The van der Waals surface area contributed by atoms with Crippen LogP contribution in [0.3, 0.4) is 0 Å². The summed E-state index contributed by atoms with van der Waals surface area (Å²) in [4.78, 5) is 4.40. The zero-order chi connectivity index (χ0) is 11.7. The van der Waals surface area contributed by atoms with Crippen LogP contribution in [0, 0.1) is 5.92 Å². The highest BCUT2D eigenvalue weighted by Gasteiger charge is 2.24. The monoisotopic (exact) mass is 262 g/mol. The van der Waals surface area contributed by atoms with Crippen LogP contribution in [0.25, 0.3) is 10.9 Å². The molecule has 2 nitrogen and oxygen atoms in total. The molecule has 2 aromatic rings. The smallest absolute Gasteiger partial charge is 0.0705 e. The van der Waals surface area contributed by atoms with Crippen molar-refractivity contribution in [1.29, 1.82) is 0 Å². The summed E-state index contributed by atoms with van der Waals surface area (Å²) in [6, 6.07) is 10.5. The largest absolute Gasteiger partial charge is 0.324 e. The Kier molecular flexibility index (Phi) is 4.20. The van der Waals surface area contributed by atoms with E-state index in [0.717, 1.165) is 5.52 Å². The minimum atomic E-state index is 0.